The average molecular weight is 502 g/mol. The highest BCUT2D eigenvalue weighted by molar-refractivity contribution is 6.30. The molecular formula is C26H29ClFN3O4. The van der Waals surface area contributed by atoms with Crippen LogP contribution in [0.1, 0.15) is 56.0 Å². The van der Waals surface area contributed by atoms with Crippen LogP contribution in [0.5, 0.6) is 5.75 Å². The lowest BCUT2D eigenvalue weighted by Gasteiger charge is -2.33. The second-order valence-corrected chi connectivity index (χ2v) is 10.6. The number of methoxy groups -OCH3 is 1. The van der Waals surface area contributed by atoms with Crippen LogP contribution in [0.25, 0.3) is 0 Å². The maximum Gasteiger partial charge on any atom is 0.335 e. The summed E-state index contributed by atoms with van der Waals surface area (Å²) in [5, 5.41) is 25.5. The van der Waals surface area contributed by atoms with Crippen molar-refractivity contribution >= 4 is 29.2 Å². The monoisotopic (exact) mass is 501 g/mol. The molecule has 7 nitrogen and oxygen atoms in total. The molecule has 3 rings (SSSR count). The molecule has 9 heteroatoms. The minimum Gasteiger partial charge on any atom is -0.495 e. The summed E-state index contributed by atoms with van der Waals surface area (Å²) in [7, 11) is 1.36. The molecule has 4 atom stereocenters. The normalized spacial score (nSPS) is 24.0. The first-order valence-corrected chi connectivity index (χ1v) is 11.5. The molecule has 2 aromatic carbocycles. The van der Waals surface area contributed by atoms with Crippen molar-refractivity contribution in [3.05, 3.63) is 58.4 Å². The Balaban J connectivity index is 2.07. The molecule has 1 aliphatic rings. The molecule has 0 unspecified atom stereocenters. The highest BCUT2D eigenvalue weighted by Crippen LogP contribution is 2.50. The minimum absolute atomic E-state index is 0.0000114. The van der Waals surface area contributed by atoms with Gasteiger partial charge in [0, 0.05) is 12.0 Å². The Morgan fingerprint density at radius 3 is 2.57 bits per heavy atom. The van der Waals surface area contributed by atoms with Gasteiger partial charge < -0.3 is 20.5 Å². The molecule has 35 heavy (non-hydrogen) atoms. The first kappa shape index (κ1) is 26.5. The van der Waals surface area contributed by atoms with E-state index >= 15 is 4.39 Å². The number of aromatic carboxylic acids is 1. The number of nitriles is 1. The number of ether oxygens (including phenoxy) is 1. The van der Waals surface area contributed by atoms with Gasteiger partial charge in [-0.25, -0.2) is 9.18 Å². The van der Waals surface area contributed by atoms with E-state index in [4.69, 9.17) is 16.3 Å². The van der Waals surface area contributed by atoms with Crippen molar-refractivity contribution in [3.63, 3.8) is 0 Å². The number of hydrogen-bond acceptors (Lipinski definition) is 5. The Morgan fingerprint density at radius 2 is 2.00 bits per heavy atom. The summed E-state index contributed by atoms with van der Waals surface area (Å²) in [5.74, 6) is -2.99. The first-order chi connectivity index (χ1) is 16.3. The van der Waals surface area contributed by atoms with Gasteiger partial charge in [-0.1, -0.05) is 44.5 Å². The van der Waals surface area contributed by atoms with Crippen LogP contribution >= 0.6 is 11.6 Å². The number of hydrogen-bond donors (Lipinski definition) is 3. The fourth-order valence-corrected chi connectivity index (χ4v) is 4.89. The lowest BCUT2D eigenvalue weighted by Crippen LogP contribution is -2.42. The molecule has 1 saturated heterocycles. The van der Waals surface area contributed by atoms with Gasteiger partial charge in [-0.2, -0.15) is 5.26 Å². The van der Waals surface area contributed by atoms with Gasteiger partial charge in [-0.05, 0) is 48.6 Å². The van der Waals surface area contributed by atoms with Crippen molar-refractivity contribution in [2.45, 2.75) is 52.1 Å². The highest BCUT2D eigenvalue weighted by atomic mass is 35.5. The maximum atomic E-state index is 15.2. The molecule has 2 aromatic rings. The van der Waals surface area contributed by atoms with E-state index < -0.39 is 41.1 Å². The van der Waals surface area contributed by atoms with E-state index in [1.807, 2.05) is 20.8 Å². The Bertz CT molecular complexity index is 1190. The molecule has 1 heterocycles. The summed E-state index contributed by atoms with van der Waals surface area (Å²) in [6, 6.07) is 9.61. The van der Waals surface area contributed by atoms with Gasteiger partial charge in [0.1, 0.15) is 11.6 Å². The Hall–Kier alpha value is -3.15. The van der Waals surface area contributed by atoms with Gasteiger partial charge in [-0.15, -0.1) is 0 Å². The molecule has 0 radical (unpaired) electrons. The Kier molecular flexibility index (Phi) is 7.44. The van der Waals surface area contributed by atoms with Crippen molar-refractivity contribution in [1.82, 2.24) is 5.32 Å². The Morgan fingerprint density at radius 1 is 1.31 bits per heavy atom. The van der Waals surface area contributed by atoms with Crippen molar-refractivity contribution < 1.29 is 23.8 Å². The minimum atomic E-state index is -1.13. The second-order valence-electron chi connectivity index (χ2n) is 10.2. The van der Waals surface area contributed by atoms with E-state index in [0.717, 1.165) is 0 Å². The van der Waals surface area contributed by atoms with Crippen molar-refractivity contribution in [1.29, 1.82) is 5.26 Å². The smallest absolute Gasteiger partial charge is 0.335 e. The fraction of sp³-hybridized carbons (Fsp3) is 0.423. The number of nitrogens with zero attached hydrogens (tertiary/aromatic N) is 1. The predicted octanol–water partition coefficient (Wildman–Crippen LogP) is 5.21. The standard InChI is InChI=1S/C26H29ClFN3O4/c1-25(2,3)12-19-26(4,13-29)20(15-7-6-8-16(27)21(15)28)22(31-19)23(32)30-17-10-9-14(24(33)34)11-18(17)35-5/h6-11,19-20,22,31H,12H2,1-5H3,(H,30,32)(H,33,34)/t19-,20-,22+,26+/m0/s1. The van der Waals surface area contributed by atoms with E-state index in [-0.39, 0.29) is 33.0 Å². The third-order valence-electron chi connectivity index (χ3n) is 6.45. The molecule has 0 spiro atoms. The number of rotatable bonds is 6. The Labute approximate surface area is 209 Å². The fourth-order valence-electron chi connectivity index (χ4n) is 4.71. The lowest BCUT2D eigenvalue weighted by atomic mass is 9.67. The number of nitrogens with one attached hydrogen (secondary N) is 2. The highest BCUT2D eigenvalue weighted by Gasteiger charge is 2.56. The largest absolute Gasteiger partial charge is 0.495 e. The molecule has 0 saturated carbocycles. The van der Waals surface area contributed by atoms with Crippen molar-refractivity contribution in [2.24, 2.45) is 10.8 Å². The number of halogens is 2. The number of carboxylic acid groups (broad SMARTS) is 1. The van der Waals surface area contributed by atoms with Crippen LogP contribution in [0.4, 0.5) is 10.1 Å². The summed E-state index contributed by atoms with van der Waals surface area (Å²) in [5.41, 5.74) is -0.863. The number of carbonyl (C=O) groups is 2. The van der Waals surface area contributed by atoms with E-state index in [2.05, 4.69) is 16.7 Å². The maximum absolute atomic E-state index is 15.2. The summed E-state index contributed by atoms with van der Waals surface area (Å²) in [4.78, 5) is 24.9. The summed E-state index contributed by atoms with van der Waals surface area (Å²) in [6.45, 7) is 7.83. The zero-order chi connectivity index (χ0) is 26.1. The average Bonchev–Trinajstić information content (AvgIpc) is 3.07. The molecule has 0 bridgehead atoms. The van der Waals surface area contributed by atoms with Crippen LogP contribution in [-0.4, -0.2) is 36.2 Å². The molecule has 186 valence electrons. The first-order valence-electron chi connectivity index (χ1n) is 11.2. The van der Waals surface area contributed by atoms with Crippen LogP contribution in [0.3, 0.4) is 0 Å². The third-order valence-corrected chi connectivity index (χ3v) is 6.74. The molecule has 1 aliphatic heterocycles. The van der Waals surface area contributed by atoms with E-state index in [1.54, 1.807) is 19.1 Å². The van der Waals surface area contributed by atoms with Crippen LogP contribution in [0.2, 0.25) is 5.02 Å². The molecular weight excluding hydrogens is 473 g/mol. The van der Waals surface area contributed by atoms with Crippen LogP contribution in [-0.2, 0) is 4.79 Å². The number of carbonyl (C=O) groups excluding carboxylic acids is 1. The molecule has 0 aliphatic carbocycles. The van der Waals surface area contributed by atoms with E-state index in [1.165, 1.54) is 31.4 Å². The molecule has 3 N–H and O–H groups in total. The predicted molar refractivity (Wildman–Crippen MR) is 131 cm³/mol. The third kappa shape index (κ3) is 5.26. The van der Waals surface area contributed by atoms with Gasteiger partial charge in [0.2, 0.25) is 5.91 Å². The quantitative estimate of drug-likeness (QED) is 0.500. The van der Waals surface area contributed by atoms with Gasteiger partial charge in [0.15, 0.2) is 0 Å². The topological polar surface area (TPSA) is 111 Å². The SMILES string of the molecule is COc1cc(C(=O)O)ccc1NC(=O)[C@@H]1N[C@@H](CC(C)(C)C)[C@@](C)(C#N)[C@H]1c1cccc(Cl)c1F. The zero-order valence-electron chi connectivity index (χ0n) is 20.3. The van der Waals surface area contributed by atoms with Crippen LogP contribution in [0.15, 0.2) is 36.4 Å². The van der Waals surface area contributed by atoms with E-state index in [0.29, 0.717) is 6.42 Å². The van der Waals surface area contributed by atoms with Gasteiger partial charge in [-0.3, -0.25) is 4.79 Å². The number of anilines is 1. The summed E-state index contributed by atoms with van der Waals surface area (Å²) < 4.78 is 20.5. The number of benzene rings is 2. The van der Waals surface area contributed by atoms with Gasteiger partial charge in [0.25, 0.3) is 0 Å². The van der Waals surface area contributed by atoms with Gasteiger partial charge >= 0.3 is 5.97 Å². The van der Waals surface area contributed by atoms with Crippen LogP contribution < -0.4 is 15.4 Å². The lowest BCUT2D eigenvalue weighted by molar-refractivity contribution is -0.118. The number of amides is 1. The number of carboxylic acids is 1. The van der Waals surface area contributed by atoms with Crippen molar-refractivity contribution in [2.75, 3.05) is 12.4 Å². The zero-order valence-corrected chi connectivity index (χ0v) is 21.0. The van der Waals surface area contributed by atoms with E-state index in [9.17, 15) is 20.0 Å². The second kappa shape index (κ2) is 9.84. The molecule has 1 amide bonds. The molecule has 1 fully saturated rings. The van der Waals surface area contributed by atoms with Gasteiger partial charge in [0.05, 0.1) is 40.9 Å². The molecule has 0 aromatic heterocycles. The summed E-state index contributed by atoms with van der Waals surface area (Å²) >= 11 is 6.07. The summed E-state index contributed by atoms with van der Waals surface area (Å²) in [6.07, 6.45) is 0.566. The van der Waals surface area contributed by atoms with Crippen LogP contribution in [0, 0.1) is 28.0 Å². The van der Waals surface area contributed by atoms with Crippen molar-refractivity contribution in [3.8, 4) is 11.8 Å².